The molecule has 2 atom stereocenters. The first-order valence-corrected chi connectivity index (χ1v) is 13.8. The van der Waals surface area contributed by atoms with Gasteiger partial charge in [-0.05, 0) is 74.7 Å². The smallest absolute Gasteiger partial charge is 0.261 e. The number of thiol groups is 1. The van der Waals surface area contributed by atoms with Crippen LogP contribution in [0.2, 0.25) is 0 Å². The molecular formula is C27H34O7S2. The van der Waals surface area contributed by atoms with Gasteiger partial charge in [-0.3, -0.25) is 4.55 Å². The summed E-state index contributed by atoms with van der Waals surface area (Å²) in [6.07, 6.45) is 0.0942. The topological polar surface area (TPSA) is 91.3 Å². The summed E-state index contributed by atoms with van der Waals surface area (Å²) in [6.45, 7) is 8.89. The molecule has 0 spiro atoms. The fraction of sp³-hybridized carbons (Fsp3) is 0.333. The van der Waals surface area contributed by atoms with Gasteiger partial charge in [0.25, 0.3) is 10.1 Å². The highest BCUT2D eigenvalue weighted by atomic mass is 32.2. The Morgan fingerprint density at radius 1 is 0.806 bits per heavy atom. The first-order valence-electron chi connectivity index (χ1n) is 11.5. The van der Waals surface area contributed by atoms with Gasteiger partial charge in [0, 0.05) is 23.7 Å². The van der Waals surface area contributed by atoms with Crippen LogP contribution in [0.4, 0.5) is 0 Å². The molecule has 1 N–H and O–H groups in total. The van der Waals surface area contributed by atoms with Crippen LogP contribution in [0.5, 0.6) is 11.5 Å². The quantitative estimate of drug-likeness (QED) is 0.178. The third-order valence-electron chi connectivity index (χ3n) is 4.72. The third kappa shape index (κ3) is 10.2. The molecule has 3 aromatic carbocycles. The van der Waals surface area contributed by atoms with Crippen LogP contribution in [0.25, 0.3) is 22.3 Å². The fourth-order valence-corrected chi connectivity index (χ4v) is 3.80. The van der Waals surface area contributed by atoms with Crippen LogP contribution in [0.1, 0.15) is 27.7 Å². The summed E-state index contributed by atoms with van der Waals surface area (Å²) in [7, 11) is -3.67. The van der Waals surface area contributed by atoms with Crippen molar-refractivity contribution in [2.75, 3.05) is 19.5 Å². The van der Waals surface area contributed by atoms with Crippen molar-refractivity contribution in [2.24, 2.45) is 0 Å². The Labute approximate surface area is 219 Å². The lowest BCUT2D eigenvalue weighted by Crippen LogP contribution is -2.15. The van der Waals surface area contributed by atoms with Gasteiger partial charge in [0.15, 0.2) is 12.6 Å². The monoisotopic (exact) mass is 534 g/mol. The molecule has 0 heterocycles. The average molecular weight is 535 g/mol. The summed E-state index contributed by atoms with van der Waals surface area (Å²) in [5.74, 6) is 1.51. The maximum Gasteiger partial charge on any atom is 0.261 e. The minimum absolute atomic E-state index is 0.308. The van der Waals surface area contributed by atoms with Crippen molar-refractivity contribution in [3.05, 3.63) is 66.7 Å². The Hall–Kier alpha value is -2.56. The molecule has 7 nitrogen and oxygen atoms in total. The zero-order valence-corrected chi connectivity index (χ0v) is 22.9. The lowest BCUT2D eigenvalue weighted by Gasteiger charge is -2.18. The van der Waals surface area contributed by atoms with Gasteiger partial charge in [-0.2, -0.15) is 8.42 Å². The van der Waals surface area contributed by atoms with Gasteiger partial charge in [0.1, 0.15) is 11.5 Å². The highest BCUT2D eigenvalue weighted by Gasteiger charge is 2.14. The summed E-state index contributed by atoms with van der Waals surface area (Å²) in [6, 6.07) is 22.1. The lowest BCUT2D eigenvalue weighted by molar-refractivity contribution is -0.0616. The highest BCUT2D eigenvalue weighted by Crippen LogP contribution is 2.39. The molecule has 0 fully saturated rings. The van der Waals surface area contributed by atoms with E-state index in [4.69, 9.17) is 36.1 Å². The zero-order chi connectivity index (χ0) is 26.7. The van der Waals surface area contributed by atoms with Crippen LogP contribution >= 0.6 is 12.6 Å². The number of ether oxygens (including phenoxy) is 4. The summed E-state index contributed by atoms with van der Waals surface area (Å²) in [5, 5.41) is 0. The Morgan fingerprint density at radius 3 is 1.75 bits per heavy atom. The number of hydrogen-bond acceptors (Lipinski definition) is 7. The minimum atomic E-state index is -3.67. The predicted molar refractivity (Wildman–Crippen MR) is 145 cm³/mol. The maximum absolute atomic E-state index is 9.19. The summed E-state index contributed by atoms with van der Waals surface area (Å²) < 4.78 is 48.7. The van der Waals surface area contributed by atoms with Gasteiger partial charge >= 0.3 is 0 Å². The molecule has 0 aliphatic heterocycles. The van der Waals surface area contributed by atoms with Gasteiger partial charge < -0.3 is 18.9 Å². The molecular weight excluding hydrogens is 500 g/mol. The van der Waals surface area contributed by atoms with E-state index < -0.39 is 10.1 Å². The maximum atomic E-state index is 9.19. The van der Waals surface area contributed by atoms with Crippen molar-refractivity contribution in [3.63, 3.8) is 0 Å². The van der Waals surface area contributed by atoms with Crippen LogP contribution < -0.4 is 9.47 Å². The van der Waals surface area contributed by atoms with E-state index >= 15 is 0 Å². The second kappa shape index (κ2) is 14.2. The number of benzene rings is 3. The Kier molecular flexibility index (Phi) is 11.7. The second-order valence-electron chi connectivity index (χ2n) is 7.77. The molecule has 0 saturated carbocycles. The van der Waals surface area contributed by atoms with Crippen LogP contribution in [0, 0.1) is 0 Å². The average Bonchev–Trinajstić information content (AvgIpc) is 2.78. The van der Waals surface area contributed by atoms with Gasteiger partial charge in [-0.1, -0.05) is 36.4 Å². The lowest BCUT2D eigenvalue weighted by atomic mass is 9.94. The molecule has 2 unspecified atom stereocenters. The van der Waals surface area contributed by atoms with Crippen LogP contribution in [0.15, 0.2) is 71.6 Å². The van der Waals surface area contributed by atoms with Crippen LogP contribution in [0.3, 0.4) is 0 Å². The van der Waals surface area contributed by atoms with Gasteiger partial charge in [0.2, 0.25) is 0 Å². The zero-order valence-electron chi connectivity index (χ0n) is 21.2. The van der Waals surface area contributed by atoms with Crippen LogP contribution in [-0.2, 0) is 19.6 Å². The van der Waals surface area contributed by atoms with E-state index in [0.29, 0.717) is 19.5 Å². The SMILES string of the molecule is CCOC(C)Oc1cccc(-c2cccc(S)c2-c2cccc(OC(C)OCC)c2)c1.CS(=O)(=O)O. The summed E-state index contributed by atoms with van der Waals surface area (Å²) in [4.78, 5) is 0.890. The van der Waals surface area contributed by atoms with E-state index in [0.717, 1.165) is 38.6 Å². The van der Waals surface area contributed by atoms with Crippen molar-refractivity contribution in [1.29, 1.82) is 0 Å². The van der Waals surface area contributed by atoms with E-state index in [1.165, 1.54) is 0 Å². The molecule has 196 valence electrons. The summed E-state index contributed by atoms with van der Waals surface area (Å²) in [5.41, 5.74) is 4.17. The van der Waals surface area contributed by atoms with Crippen molar-refractivity contribution < 1.29 is 31.9 Å². The van der Waals surface area contributed by atoms with Crippen molar-refractivity contribution in [1.82, 2.24) is 0 Å². The van der Waals surface area contributed by atoms with E-state index in [9.17, 15) is 8.42 Å². The first kappa shape index (κ1) is 29.7. The van der Waals surface area contributed by atoms with E-state index in [2.05, 4.69) is 18.2 Å². The molecule has 36 heavy (non-hydrogen) atoms. The van der Waals surface area contributed by atoms with Crippen molar-refractivity contribution in [2.45, 2.75) is 45.2 Å². The molecule has 3 aromatic rings. The predicted octanol–water partition coefficient (Wildman–Crippen LogP) is 6.34. The van der Waals surface area contributed by atoms with E-state index in [1.54, 1.807) is 0 Å². The Bertz CT molecular complexity index is 1200. The molecule has 0 amide bonds. The number of rotatable bonds is 10. The van der Waals surface area contributed by atoms with Crippen molar-refractivity contribution >= 4 is 22.7 Å². The molecule has 0 bridgehead atoms. The van der Waals surface area contributed by atoms with Crippen LogP contribution in [-0.4, -0.2) is 45.0 Å². The molecule has 9 heteroatoms. The summed E-state index contributed by atoms with van der Waals surface area (Å²) >= 11 is 4.76. The van der Waals surface area contributed by atoms with E-state index in [-0.39, 0.29) is 12.6 Å². The molecule has 0 aliphatic rings. The Morgan fingerprint density at radius 2 is 1.25 bits per heavy atom. The Balaban J connectivity index is 0.000000830. The number of hydrogen-bond donors (Lipinski definition) is 2. The minimum Gasteiger partial charge on any atom is -0.465 e. The highest BCUT2D eigenvalue weighted by molar-refractivity contribution is 7.85. The van der Waals surface area contributed by atoms with Gasteiger partial charge in [-0.25, -0.2) is 0 Å². The fourth-order valence-electron chi connectivity index (χ4n) is 3.47. The molecule has 0 saturated heterocycles. The molecule has 3 rings (SSSR count). The van der Waals surface area contributed by atoms with Crippen molar-refractivity contribution in [3.8, 4) is 33.8 Å². The largest absolute Gasteiger partial charge is 0.465 e. The third-order valence-corrected chi connectivity index (χ3v) is 5.09. The molecule has 0 aliphatic carbocycles. The second-order valence-corrected chi connectivity index (χ2v) is 9.72. The molecule has 0 radical (unpaired) electrons. The van der Waals surface area contributed by atoms with Gasteiger partial charge in [-0.15, -0.1) is 12.6 Å². The first-order chi connectivity index (χ1) is 17.0. The van der Waals surface area contributed by atoms with E-state index in [1.807, 2.05) is 76.2 Å². The normalized spacial score (nSPS) is 12.8. The standard InChI is InChI=1S/C26H30O4S.CH4O3S/c1-5-27-18(3)29-22-12-7-10-20(16-22)24-14-9-15-25(31)26(24)21-11-8-13-23(17-21)30-19(4)28-6-2;1-5(2,3)4/h7-19,31H,5-6H2,1-4H3;1H3,(H,2,3,4). The van der Waals surface area contributed by atoms with Gasteiger partial charge in [0.05, 0.1) is 6.26 Å². The molecule has 0 aromatic heterocycles.